The summed E-state index contributed by atoms with van der Waals surface area (Å²) < 4.78 is 5.66. The highest BCUT2D eigenvalue weighted by Gasteiger charge is 2.54. The SMILES string of the molecule is C#CC1(O)CCCCC12OCCS2. The number of ether oxygens (including phenoxy) is 1. The lowest BCUT2D eigenvalue weighted by molar-refractivity contribution is -0.108. The van der Waals surface area contributed by atoms with E-state index in [1.807, 2.05) is 0 Å². The average Bonchev–Trinajstić information content (AvgIpc) is 2.61. The molecule has 72 valence electrons. The smallest absolute Gasteiger partial charge is 0.163 e. The molecule has 1 saturated heterocycles. The Balaban J connectivity index is 2.28. The number of rotatable bonds is 0. The molecule has 0 radical (unpaired) electrons. The van der Waals surface area contributed by atoms with Crippen molar-refractivity contribution in [2.45, 2.75) is 36.2 Å². The van der Waals surface area contributed by atoms with E-state index in [2.05, 4.69) is 5.92 Å². The van der Waals surface area contributed by atoms with Crippen LogP contribution in [0.4, 0.5) is 0 Å². The molecule has 0 amide bonds. The fourth-order valence-corrected chi connectivity index (χ4v) is 3.51. The first kappa shape index (κ1) is 9.39. The van der Waals surface area contributed by atoms with Crippen LogP contribution in [0.25, 0.3) is 0 Å². The molecule has 13 heavy (non-hydrogen) atoms. The van der Waals surface area contributed by atoms with Crippen LogP contribution >= 0.6 is 11.8 Å². The maximum absolute atomic E-state index is 10.2. The normalized spacial score (nSPS) is 44.9. The zero-order valence-electron chi connectivity index (χ0n) is 7.58. The molecule has 1 N–H and O–H groups in total. The molecule has 1 saturated carbocycles. The standard InChI is InChI=1S/C10H14O2S/c1-2-9(11)5-3-4-6-10(9)12-7-8-13-10/h1,11H,3-8H2. The van der Waals surface area contributed by atoms with E-state index in [0.717, 1.165) is 25.0 Å². The molecule has 0 aromatic carbocycles. The van der Waals surface area contributed by atoms with Crippen molar-refractivity contribution >= 4 is 11.8 Å². The molecule has 3 heteroatoms. The molecular weight excluding hydrogens is 184 g/mol. The third-order valence-electron chi connectivity index (χ3n) is 2.92. The highest BCUT2D eigenvalue weighted by Crippen LogP contribution is 2.50. The monoisotopic (exact) mass is 198 g/mol. The van der Waals surface area contributed by atoms with Crippen molar-refractivity contribution in [3.63, 3.8) is 0 Å². The molecule has 0 aromatic heterocycles. The summed E-state index contributed by atoms with van der Waals surface area (Å²) in [5.41, 5.74) is -1.04. The molecule has 0 aromatic rings. The summed E-state index contributed by atoms with van der Waals surface area (Å²) >= 11 is 1.68. The highest BCUT2D eigenvalue weighted by atomic mass is 32.2. The van der Waals surface area contributed by atoms with Crippen molar-refractivity contribution in [1.29, 1.82) is 0 Å². The summed E-state index contributed by atoms with van der Waals surface area (Å²) in [7, 11) is 0. The van der Waals surface area contributed by atoms with Crippen molar-refractivity contribution in [1.82, 2.24) is 0 Å². The lowest BCUT2D eigenvalue weighted by Gasteiger charge is -2.43. The minimum absolute atomic E-state index is 0.486. The summed E-state index contributed by atoms with van der Waals surface area (Å²) in [6.45, 7) is 0.717. The molecule has 2 nitrogen and oxygen atoms in total. The molecule has 2 unspecified atom stereocenters. The molecular formula is C10H14O2S. The van der Waals surface area contributed by atoms with Crippen LogP contribution in [0.1, 0.15) is 25.7 Å². The van der Waals surface area contributed by atoms with Crippen molar-refractivity contribution < 1.29 is 9.84 Å². The van der Waals surface area contributed by atoms with Crippen LogP contribution in [0, 0.1) is 12.3 Å². The van der Waals surface area contributed by atoms with E-state index in [4.69, 9.17) is 11.2 Å². The lowest BCUT2D eigenvalue weighted by Crippen LogP contribution is -2.53. The van der Waals surface area contributed by atoms with Crippen LogP contribution < -0.4 is 0 Å². The van der Waals surface area contributed by atoms with Gasteiger partial charge in [-0.05, 0) is 25.7 Å². The van der Waals surface area contributed by atoms with Gasteiger partial charge < -0.3 is 9.84 Å². The van der Waals surface area contributed by atoms with E-state index >= 15 is 0 Å². The van der Waals surface area contributed by atoms with E-state index in [1.54, 1.807) is 11.8 Å². The summed E-state index contributed by atoms with van der Waals surface area (Å²) in [4.78, 5) is -0.486. The minimum atomic E-state index is -1.04. The van der Waals surface area contributed by atoms with Crippen LogP contribution in [0.2, 0.25) is 0 Å². The Morgan fingerprint density at radius 1 is 1.38 bits per heavy atom. The molecule has 2 atom stereocenters. The first-order valence-corrected chi connectivity index (χ1v) is 5.69. The van der Waals surface area contributed by atoms with Gasteiger partial charge in [0.05, 0.1) is 6.61 Å². The van der Waals surface area contributed by atoms with Crippen molar-refractivity contribution in [2.24, 2.45) is 0 Å². The van der Waals surface area contributed by atoms with Gasteiger partial charge in [-0.1, -0.05) is 5.92 Å². The molecule has 1 aliphatic heterocycles. The van der Waals surface area contributed by atoms with Gasteiger partial charge in [-0.3, -0.25) is 0 Å². The molecule has 1 heterocycles. The van der Waals surface area contributed by atoms with Crippen LogP contribution in [-0.4, -0.2) is 28.0 Å². The largest absolute Gasteiger partial charge is 0.374 e. The van der Waals surface area contributed by atoms with Gasteiger partial charge >= 0.3 is 0 Å². The molecule has 1 spiro atoms. The molecule has 0 bridgehead atoms. The van der Waals surface area contributed by atoms with Gasteiger partial charge in [0, 0.05) is 5.75 Å². The molecule has 2 aliphatic rings. The Morgan fingerprint density at radius 3 is 2.77 bits per heavy atom. The van der Waals surface area contributed by atoms with E-state index < -0.39 is 10.5 Å². The molecule has 2 rings (SSSR count). The second-order valence-electron chi connectivity index (χ2n) is 3.66. The molecule has 1 aliphatic carbocycles. The summed E-state index contributed by atoms with van der Waals surface area (Å²) in [5, 5.41) is 10.2. The topological polar surface area (TPSA) is 29.5 Å². The zero-order valence-corrected chi connectivity index (χ0v) is 8.40. The predicted octanol–water partition coefficient (Wildman–Crippen LogP) is 1.38. The number of aliphatic hydroxyl groups is 1. The van der Waals surface area contributed by atoms with Crippen LogP contribution in [-0.2, 0) is 4.74 Å². The Bertz CT molecular complexity index is 240. The number of hydrogen-bond donors (Lipinski definition) is 1. The molecule has 2 fully saturated rings. The fraction of sp³-hybridized carbons (Fsp3) is 0.800. The average molecular weight is 198 g/mol. The van der Waals surface area contributed by atoms with Crippen LogP contribution in [0.3, 0.4) is 0 Å². The third-order valence-corrected chi connectivity index (χ3v) is 4.41. The number of terminal acetylenes is 1. The maximum atomic E-state index is 10.2. The predicted molar refractivity (Wildman–Crippen MR) is 53.4 cm³/mol. The Kier molecular flexibility index (Phi) is 2.31. The second-order valence-corrected chi connectivity index (χ2v) is 5.02. The van der Waals surface area contributed by atoms with E-state index in [1.165, 1.54) is 0 Å². The van der Waals surface area contributed by atoms with E-state index in [-0.39, 0.29) is 0 Å². The summed E-state index contributed by atoms with van der Waals surface area (Å²) in [6, 6.07) is 0. The zero-order chi connectivity index (χ0) is 9.36. The summed E-state index contributed by atoms with van der Waals surface area (Å²) in [5.74, 6) is 3.47. The number of hydrogen-bond acceptors (Lipinski definition) is 3. The summed E-state index contributed by atoms with van der Waals surface area (Å²) in [6.07, 6.45) is 9.08. The van der Waals surface area contributed by atoms with Crippen LogP contribution in [0.5, 0.6) is 0 Å². The van der Waals surface area contributed by atoms with Gasteiger partial charge in [0.2, 0.25) is 0 Å². The van der Waals surface area contributed by atoms with E-state index in [0.29, 0.717) is 13.0 Å². The van der Waals surface area contributed by atoms with Crippen molar-refractivity contribution in [2.75, 3.05) is 12.4 Å². The van der Waals surface area contributed by atoms with E-state index in [9.17, 15) is 5.11 Å². The second kappa shape index (κ2) is 3.20. The van der Waals surface area contributed by atoms with Crippen molar-refractivity contribution in [3.05, 3.63) is 0 Å². The number of thioether (sulfide) groups is 1. The van der Waals surface area contributed by atoms with Gasteiger partial charge in [0.1, 0.15) is 0 Å². The van der Waals surface area contributed by atoms with Gasteiger partial charge in [0.15, 0.2) is 10.5 Å². The van der Waals surface area contributed by atoms with Gasteiger partial charge in [-0.25, -0.2) is 0 Å². The lowest BCUT2D eigenvalue weighted by atomic mass is 9.82. The maximum Gasteiger partial charge on any atom is 0.163 e. The van der Waals surface area contributed by atoms with Gasteiger partial charge in [-0.2, -0.15) is 0 Å². The van der Waals surface area contributed by atoms with Gasteiger partial charge in [0.25, 0.3) is 0 Å². The van der Waals surface area contributed by atoms with Crippen molar-refractivity contribution in [3.8, 4) is 12.3 Å². The first-order chi connectivity index (χ1) is 6.22. The minimum Gasteiger partial charge on any atom is -0.374 e. The van der Waals surface area contributed by atoms with Gasteiger partial charge in [-0.15, -0.1) is 18.2 Å². The third kappa shape index (κ3) is 1.28. The Hall–Kier alpha value is -0.170. The fourth-order valence-electron chi connectivity index (χ4n) is 2.16. The first-order valence-electron chi connectivity index (χ1n) is 4.70. The van der Waals surface area contributed by atoms with Crippen LogP contribution in [0.15, 0.2) is 0 Å². The Morgan fingerprint density at radius 2 is 2.15 bits per heavy atom. The Labute approximate surface area is 83.0 Å². The highest BCUT2D eigenvalue weighted by molar-refractivity contribution is 8.00. The quantitative estimate of drug-likeness (QED) is 0.596.